The van der Waals surface area contributed by atoms with Crippen molar-refractivity contribution in [2.24, 2.45) is 0 Å². The zero-order valence-electron chi connectivity index (χ0n) is 6.47. The Morgan fingerprint density at radius 1 is 1.50 bits per heavy atom. The molecule has 0 spiro atoms. The maximum absolute atomic E-state index is 12.2. The Bertz CT molecular complexity index is 378. The van der Waals surface area contributed by atoms with E-state index < -0.39 is 28.4 Å². The van der Waals surface area contributed by atoms with Crippen molar-refractivity contribution in [1.29, 1.82) is 0 Å². The molecule has 0 saturated heterocycles. The molecule has 1 aromatic rings. The zero-order valence-corrected chi connectivity index (χ0v) is 7.23. The average Bonchev–Trinajstić information content (AvgIpc) is 2.01. The fourth-order valence-electron chi connectivity index (χ4n) is 0.876. The van der Waals surface area contributed by atoms with Crippen molar-refractivity contribution in [2.45, 2.75) is 6.18 Å². The summed E-state index contributed by atoms with van der Waals surface area (Å²) >= 11 is 5.24. The van der Waals surface area contributed by atoms with Crippen LogP contribution in [-0.4, -0.2) is 16.1 Å². The normalized spacial score (nSPS) is 11.4. The molecule has 3 nitrogen and oxygen atoms in total. The van der Waals surface area contributed by atoms with Crippen LogP contribution in [0.4, 0.5) is 13.2 Å². The molecule has 14 heavy (non-hydrogen) atoms. The van der Waals surface area contributed by atoms with E-state index >= 15 is 0 Å². The minimum atomic E-state index is -4.75. The Labute approximate surface area is 81.1 Å². The molecule has 0 aliphatic carbocycles. The number of carboxylic acid groups (broad SMARTS) is 1. The van der Waals surface area contributed by atoms with Gasteiger partial charge in [-0.1, -0.05) is 11.6 Å². The number of hydrogen-bond acceptors (Lipinski definition) is 2. The van der Waals surface area contributed by atoms with Crippen molar-refractivity contribution in [2.75, 3.05) is 0 Å². The van der Waals surface area contributed by atoms with Crippen molar-refractivity contribution < 1.29 is 23.1 Å². The van der Waals surface area contributed by atoms with Crippen LogP contribution in [0.5, 0.6) is 0 Å². The number of halogens is 4. The van der Waals surface area contributed by atoms with E-state index in [2.05, 4.69) is 4.98 Å². The van der Waals surface area contributed by atoms with E-state index in [9.17, 15) is 18.0 Å². The van der Waals surface area contributed by atoms with Crippen LogP contribution in [-0.2, 0) is 6.18 Å². The first-order chi connectivity index (χ1) is 6.34. The topological polar surface area (TPSA) is 50.2 Å². The minimum Gasteiger partial charge on any atom is -0.478 e. The van der Waals surface area contributed by atoms with Gasteiger partial charge in [0.15, 0.2) is 0 Å². The van der Waals surface area contributed by atoms with Crippen molar-refractivity contribution >= 4 is 17.6 Å². The summed E-state index contributed by atoms with van der Waals surface area (Å²) in [6, 6.07) is 0.565. The highest BCUT2D eigenvalue weighted by Gasteiger charge is 2.36. The molecular formula is C7H3ClF3NO2. The summed E-state index contributed by atoms with van der Waals surface area (Å²) in [6.07, 6.45) is -3.95. The summed E-state index contributed by atoms with van der Waals surface area (Å²) in [5.74, 6) is -1.75. The van der Waals surface area contributed by atoms with Gasteiger partial charge < -0.3 is 5.11 Å². The van der Waals surface area contributed by atoms with E-state index in [1.54, 1.807) is 0 Å². The van der Waals surface area contributed by atoms with Crippen LogP contribution >= 0.6 is 11.6 Å². The lowest BCUT2D eigenvalue weighted by molar-refractivity contribution is -0.138. The van der Waals surface area contributed by atoms with E-state index in [4.69, 9.17) is 16.7 Å². The zero-order chi connectivity index (χ0) is 10.9. The summed E-state index contributed by atoms with van der Waals surface area (Å²) < 4.78 is 36.7. The average molecular weight is 226 g/mol. The van der Waals surface area contributed by atoms with Crippen LogP contribution in [0.2, 0.25) is 5.15 Å². The smallest absolute Gasteiger partial charge is 0.417 e. The summed E-state index contributed by atoms with van der Waals surface area (Å²) in [5, 5.41) is 7.81. The number of pyridine rings is 1. The molecule has 1 aromatic heterocycles. The number of alkyl halides is 3. The van der Waals surface area contributed by atoms with Crippen molar-refractivity contribution in [3.8, 4) is 0 Å². The van der Waals surface area contributed by atoms with Gasteiger partial charge in [0, 0.05) is 6.20 Å². The van der Waals surface area contributed by atoms with Gasteiger partial charge in [-0.05, 0) is 6.07 Å². The summed E-state index contributed by atoms with van der Waals surface area (Å²) in [4.78, 5) is 13.7. The molecule has 0 amide bonds. The molecular weight excluding hydrogens is 223 g/mol. The van der Waals surface area contributed by atoms with Gasteiger partial charge in [0.05, 0.1) is 5.56 Å². The molecule has 7 heteroatoms. The van der Waals surface area contributed by atoms with Gasteiger partial charge >= 0.3 is 12.1 Å². The molecule has 0 unspecified atom stereocenters. The summed E-state index contributed by atoms with van der Waals surface area (Å²) in [6.45, 7) is 0. The third kappa shape index (κ3) is 1.95. The second-order valence-electron chi connectivity index (χ2n) is 2.33. The SMILES string of the molecule is O=C(O)c1c(C(F)(F)F)ccnc1Cl. The number of aromatic nitrogens is 1. The number of nitrogens with zero attached hydrogens (tertiary/aromatic N) is 1. The number of carbonyl (C=O) groups is 1. The van der Waals surface area contributed by atoms with Gasteiger partial charge in [0.1, 0.15) is 10.7 Å². The predicted molar refractivity (Wildman–Crippen MR) is 41.2 cm³/mol. The van der Waals surface area contributed by atoms with Gasteiger partial charge in [-0.15, -0.1) is 0 Å². The lowest BCUT2D eigenvalue weighted by Crippen LogP contribution is -2.13. The highest BCUT2D eigenvalue weighted by atomic mass is 35.5. The Balaban J connectivity index is 3.44. The molecule has 76 valence electrons. The monoisotopic (exact) mass is 225 g/mol. The fraction of sp³-hybridized carbons (Fsp3) is 0.143. The first-order valence-corrected chi connectivity index (χ1v) is 3.67. The molecule has 0 saturated carbocycles. The second kappa shape index (κ2) is 3.45. The molecule has 0 aromatic carbocycles. The van der Waals surface area contributed by atoms with E-state index in [1.807, 2.05) is 0 Å². The quantitative estimate of drug-likeness (QED) is 0.747. The Hall–Kier alpha value is -1.30. The number of rotatable bonds is 1. The molecule has 0 radical (unpaired) electrons. The van der Waals surface area contributed by atoms with E-state index in [0.29, 0.717) is 6.07 Å². The Kier molecular flexibility index (Phi) is 2.66. The molecule has 1 N–H and O–H groups in total. The van der Waals surface area contributed by atoms with Crippen LogP contribution in [0.15, 0.2) is 12.3 Å². The molecule has 1 rings (SSSR count). The van der Waals surface area contributed by atoms with Crippen LogP contribution in [0.1, 0.15) is 15.9 Å². The summed E-state index contributed by atoms with van der Waals surface area (Å²) in [7, 11) is 0. The van der Waals surface area contributed by atoms with Gasteiger partial charge in [0.2, 0.25) is 0 Å². The maximum atomic E-state index is 12.2. The van der Waals surface area contributed by atoms with Crippen LogP contribution in [0.25, 0.3) is 0 Å². The summed E-state index contributed by atoms with van der Waals surface area (Å²) in [5.41, 5.74) is -2.33. The fourth-order valence-corrected chi connectivity index (χ4v) is 1.11. The standard InChI is InChI=1S/C7H3ClF3NO2/c8-5-4(6(13)14)3(1-2-12-5)7(9,10)11/h1-2H,(H,13,14). The lowest BCUT2D eigenvalue weighted by atomic mass is 10.1. The molecule has 0 bridgehead atoms. The van der Waals surface area contributed by atoms with Gasteiger partial charge in [0.25, 0.3) is 0 Å². The largest absolute Gasteiger partial charge is 0.478 e. The number of carboxylic acids is 1. The third-order valence-electron chi connectivity index (χ3n) is 1.42. The number of aromatic carboxylic acids is 1. The van der Waals surface area contributed by atoms with Crippen molar-refractivity contribution in [3.05, 3.63) is 28.5 Å². The first-order valence-electron chi connectivity index (χ1n) is 3.29. The minimum absolute atomic E-state index is 0.565. The van der Waals surface area contributed by atoms with Crippen molar-refractivity contribution in [3.63, 3.8) is 0 Å². The molecule has 0 atom stereocenters. The first kappa shape index (κ1) is 10.8. The predicted octanol–water partition coefficient (Wildman–Crippen LogP) is 2.45. The van der Waals surface area contributed by atoms with Gasteiger partial charge in [-0.3, -0.25) is 0 Å². The van der Waals surface area contributed by atoms with Gasteiger partial charge in [-0.2, -0.15) is 13.2 Å². The molecule has 1 heterocycles. The highest BCUT2D eigenvalue weighted by Crippen LogP contribution is 2.33. The van der Waals surface area contributed by atoms with Crippen molar-refractivity contribution in [1.82, 2.24) is 4.98 Å². The Morgan fingerprint density at radius 3 is 2.43 bits per heavy atom. The van der Waals surface area contributed by atoms with Crippen LogP contribution in [0.3, 0.4) is 0 Å². The van der Waals surface area contributed by atoms with Crippen LogP contribution < -0.4 is 0 Å². The van der Waals surface area contributed by atoms with Crippen LogP contribution in [0, 0.1) is 0 Å². The molecule has 0 aliphatic heterocycles. The van der Waals surface area contributed by atoms with Gasteiger partial charge in [-0.25, -0.2) is 9.78 Å². The third-order valence-corrected chi connectivity index (χ3v) is 1.71. The lowest BCUT2D eigenvalue weighted by Gasteiger charge is -2.09. The second-order valence-corrected chi connectivity index (χ2v) is 2.69. The maximum Gasteiger partial charge on any atom is 0.417 e. The number of hydrogen-bond donors (Lipinski definition) is 1. The van der Waals surface area contributed by atoms with E-state index in [-0.39, 0.29) is 0 Å². The molecule has 0 fully saturated rings. The highest BCUT2D eigenvalue weighted by molar-refractivity contribution is 6.32. The Morgan fingerprint density at radius 2 is 2.07 bits per heavy atom. The van der Waals surface area contributed by atoms with E-state index in [1.165, 1.54) is 0 Å². The molecule has 0 aliphatic rings. The van der Waals surface area contributed by atoms with E-state index in [0.717, 1.165) is 6.20 Å².